The number of halogens is 3. The molecule has 2 heterocycles. The number of primary amides is 1. The van der Waals surface area contributed by atoms with Crippen molar-refractivity contribution in [2.24, 2.45) is 5.73 Å². The Hall–Kier alpha value is -4.48. The lowest BCUT2D eigenvalue weighted by Crippen LogP contribution is -2.49. The second kappa shape index (κ2) is 11.7. The van der Waals surface area contributed by atoms with E-state index < -0.39 is 29.2 Å². The quantitative estimate of drug-likeness (QED) is 0.529. The number of carbonyl (C=O) groups is 3. The number of hydrogen-bond donors (Lipinski definition) is 2. The molecule has 1 aliphatic rings. The zero-order valence-corrected chi connectivity index (χ0v) is 20.7. The molecule has 0 unspecified atom stereocenters. The number of aromatic carboxylic acids is 1. The van der Waals surface area contributed by atoms with E-state index in [4.69, 9.17) is 5.73 Å². The van der Waals surface area contributed by atoms with Gasteiger partial charge in [-0.3, -0.25) is 9.59 Å². The van der Waals surface area contributed by atoms with E-state index in [1.54, 1.807) is 17.0 Å². The molecule has 4 rings (SSSR count). The lowest BCUT2D eigenvalue weighted by molar-refractivity contribution is -0.138. The molecule has 1 fully saturated rings. The first-order valence-electron chi connectivity index (χ1n) is 11.5. The van der Waals surface area contributed by atoms with Gasteiger partial charge in [-0.25, -0.2) is 4.79 Å². The Morgan fingerprint density at radius 2 is 1.61 bits per heavy atom. The van der Waals surface area contributed by atoms with Crippen LogP contribution in [-0.2, 0) is 6.18 Å². The van der Waals surface area contributed by atoms with Crippen molar-refractivity contribution >= 4 is 23.5 Å². The van der Waals surface area contributed by atoms with Gasteiger partial charge in [-0.1, -0.05) is 18.2 Å². The number of alkyl halides is 3. The van der Waals surface area contributed by atoms with Crippen LogP contribution in [0, 0.1) is 13.8 Å². The van der Waals surface area contributed by atoms with Crippen LogP contribution in [0.3, 0.4) is 0 Å². The highest BCUT2D eigenvalue weighted by molar-refractivity contribution is 5.96. The van der Waals surface area contributed by atoms with Gasteiger partial charge in [0.05, 0.1) is 23.0 Å². The Morgan fingerprint density at radius 3 is 2.18 bits per heavy atom. The minimum atomic E-state index is -4.62. The molecule has 1 aliphatic heterocycles. The van der Waals surface area contributed by atoms with Gasteiger partial charge in [-0.2, -0.15) is 18.3 Å². The van der Waals surface area contributed by atoms with Gasteiger partial charge in [0.1, 0.15) is 0 Å². The van der Waals surface area contributed by atoms with Crippen molar-refractivity contribution in [3.05, 3.63) is 88.2 Å². The summed E-state index contributed by atoms with van der Waals surface area (Å²) in [5, 5.41) is 16.3. The molecule has 0 spiro atoms. The van der Waals surface area contributed by atoms with Crippen molar-refractivity contribution in [2.45, 2.75) is 20.0 Å². The number of nitrogens with zero attached hydrogens (tertiary/aromatic N) is 4. The molecule has 0 atom stereocenters. The largest absolute Gasteiger partial charge is 0.476 e. The molecule has 2 aromatic carbocycles. The molecule has 12 heteroatoms. The number of nitrogens with two attached hydrogens (primary N) is 1. The first-order chi connectivity index (χ1) is 17.9. The number of benzene rings is 2. The third-order valence-electron chi connectivity index (χ3n) is 6.06. The molecule has 3 N–H and O–H groups in total. The van der Waals surface area contributed by atoms with Gasteiger partial charge in [0.25, 0.3) is 5.91 Å². The molecule has 38 heavy (non-hydrogen) atoms. The highest BCUT2D eigenvalue weighted by atomic mass is 19.4. The predicted molar refractivity (Wildman–Crippen MR) is 133 cm³/mol. The second-order valence-electron chi connectivity index (χ2n) is 8.56. The molecule has 0 radical (unpaired) electrons. The van der Waals surface area contributed by atoms with Crippen LogP contribution in [0.1, 0.15) is 47.9 Å². The summed E-state index contributed by atoms with van der Waals surface area (Å²) >= 11 is 0. The standard InChI is InChI=1S/C17H15F3N4O3.C9H11NO/c18-17(19,20)12-4-2-1-3-11(12)15(25)24-9-7-23(8-10-24)13-5-6-21-22-14(13)16(26)27;1-6-3-4-8(9(10)11)5-7(6)2/h1-6H,7-10H2,(H,26,27);3-5H,1-2H3,(H2,10,11). The van der Waals surface area contributed by atoms with Crippen LogP contribution in [-0.4, -0.2) is 64.2 Å². The van der Waals surface area contributed by atoms with Crippen LogP contribution in [0.4, 0.5) is 18.9 Å². The highest BCUT2D eigenvalue weighted by Crippen LogP contribution is 2.32. The minimum Gasteiger partial charge on any atom is -0.476 e. The highest BCUT2D eigenvalue weighted by Gasteiger charge is 2.36. The fourth-order valence-electron chi connectivity index (χ4n) is 3.86. The van der Waals surface area contributed by atoms with Crippen LogP contribution >= 0.6 is 0 Å². The first kappa shape index (κ1) is 28.1. The van der Waals surface area contributed by atoms with Crippen molar-refractivity contribution in [3.8, 4) is 0 Å². The molecule has 1 aromatic heterocycles. The number of carboxylic acid groups (broad SMARTS) is 1. The van der Waals surface area contributed by atoms with Gasteiger partial charge in [0.2, 0.25) is 5.91 Å². The maximum Gasteiger partial charge on any atom is 0.417 e. The van der Waals surface area contributed by atoms with Crippen LogP contribution < -0.4 is 10.6 Å². The number of rotatable bonds is 4. The first-order valence-corrected chi connectivity index (χ1v) is 11.5. The van der Waals surface area contributed by atoms with E-state index >= 15 is 0 Å². The van der Waals surface area contributed by atoms with Gasteiger partial charge < -0.3 is 20.6 Å². The Morgan fingerprint density at radius 1 is 0.947 bits per heavy atom. The number of amides is 2. The van der Waals surface area contributed by atoms with E-state index in [0.717, 1.165) is 17.7 Å². The van der Waals surface area contributed by atoms with E-state index in [1.165, 1.54) is 34.9 Å². The summed E-state index contributed by atoms with van der Waals surface area (Å²) in [6.45, 7) is 4.82. The molecule has 0 aliphatic carbocycles. The van der Waals surface area contributed by atoms with Crippen LogP contribution in [0.2, 0.25) is 0 Å². The number of carbonyl (C=O) groups excluding carboxylic acids is 2. The average Bonchev–Trinajstić information content (AvgIpc) is 2.89. The second-order valence-corrected chi connectivity index (χ2v) is 8.56. The fraction of sp³-hybridized carbons (Fsp3) is 0.269. The third-order valence-corrected chi connectivity index (χ3v) is 6.06. The Kier molecular flexibility index (Phi) is 8.66. The molecule has 3 aromatic rings. The molecular weight excluding hydrogens is 503 g/mol. The van der Waals surface area contributed by atoms with Crippen LogP contribution in [0.15, 0.2) is 54.7 Å². The monoisotopic (exact) mass is 529 g/mol. The van der Waals surface area contributed by atoms with E-state index in [-0.39, 0.29) is 37.8 Å². The smallest absolute Gasteiger partial charge is 0.417 e. The van der Waals surface area contributed by atoms with E-state index in [9.17, 15) is 32.7 Å². The molecule has 9 nitrogen and oxygen atoms in total. The molecule has 0 saturated carbocycles. The van der Waals surface area contributed by atoms with E-state index in [0.29, 0.717) is 11.3 Å². The van der Waals surface area contributed by atoms with Gasteiger partial charge in [-0.05, 0) is 55.3 Å². The Balaban J connectivity index is 0.000000304. The van der Waals surface area contributed by atoms with Crippen molar-refractivity contribution in [1.29, 1.82) is 0 Å². The van der Waals surface area contributed by atoms with Crippen molar-refractivity contribution in [1.82, 2.24) is 15.1 Å². The van der Waals surface area contributed by atoms with Gasteiger partial charge in [-0.15, -0.1) is 5.10 Å². The SMILES string of the molecule is Cc1ccc(C(N)=O)cc1C.O=C(O)c1nnccc1N1CCN(C(=O)c2ccccc2C(F)(F)F)CC1. The topological polar surface area (TPSA) is 130 Å². The Bertz CT molecular complexity index is 1340. The van der Waals surface area contributed by atoms with Crippen LogP contribution in [0.25, 0.3) is 0 Å². The van der Waals surface area contributed by atoms with Gasteiger partial charge in [0, 0.05) is 31.7 Å². The normalized spacial score (nSPS) is 13.4. The fourth-order valence-corrected chi connectivity index (χ4v) is 3.86. The maximum atomic E-state index is 13.1. The minimum absolute atomic E-state index is 0.159. The number of aryl methyl sites for hydroxylation is 2. The molecule has 1 saturated heterocycles. The maximum absolute atomic E-state index is 13.1. The van der Waals surface area contributed by atoms with E-state index in [1.807, 2.05) is 19.9 Å². The molecule has 200 valence electrons. The summed E-state index contributed by atoms with van der Waals surface area (Å²) in [4.78, 5) is 37.6. The number of hydrogen-bond acceptors (Lipinski definition) is 6. The summed E-state index contributed by atoms with van der Waals surface area (Å²) in [7, 11) is 0. The summed E-state index contributed by atoms with van der Waals surface area (Å²) in [6.07, 6.45) is -3.26. The Labute approximate surface area is 216 Å². The summed E-state index contributed by atoms with van der Waals surface area (Å²) < 4.78 is 39.4. The lowest BCUT2D eigenvalue weighted by Gasteiger charge is -2.36. The number of piperazine rings is 1. The van der Waals surface area contributed by atoms with E-state index in [2.05, 4.69) is 10.2 Å². The van der Waals surface area contributed by atoms with Crippen LogP contribution in [0.5, 0.6) is 0 Å². The summed E-state index contributed by atoms with van der Waals surface area (Å²) in [6, 6.07) is 11.6. The molecule has 2 amide bonds. The number of aromatic nitrogens is 2. The molecule has 0 bridgehead atoms. The van der Waals surface area contributed by atoms with Gasteiger partial charge in [0.15, 0.2) is 5.69 Å². The number of anilines is 1. The predicted octanol–water partition coefficient (Wildman–Crippen LogP) is 3.56. The summed E-state index contributed by atoms with van der Waals surface area (Å²) in [5.74, 6) is -2.29. The zero-order chi connectivity index (χ0) is 28.0. The van der Waals surface area contributed by atoms with Crippen molar-refractivity contribution < 1.29 is 32.7 Å². The lowest BCUT2D eigenvalue weighted by atomic mass is 10.1. The van der Waals surface area contributed by atoms with Crippen molar-refractivity contribution in [2.75, 3.05) is 31.1 Å². The third kappa shape index (κ3) is 6.64. The zero-order valence-electron chi connectivity index (χ0n) is 20.7. The van der Waals surface area contributed by atoms with Gasteiger partial charge >= 0.3 is 12.1 Å². The number of carboxylic acids is 1. The average molecular weight is 530 g/mol. The van der Waals surface area contributed by atoms with Crippen molar-refractivity contribution in [3.63, 3.8) is 0 Å². The summed E-state index contributed by atoms with van der Waals surface area (Å²) in [5.41, 5.74) is 6.74. The molecular formula is C26H26F3N5O4.